The number of sulfone groups is 1. The number of nitro groups is 1. The highest BCUT2D eigenvalue weighted by atomic mass is 35.5. The van der Waals surface area contributed by atoms with E-state index < -0.39 is 20.6 Å². The van der Waals surface area contributed by atoms with Crippen molar-refractivity contribution in [2.75, 3.05) is 11.6 Å². The lowest BCUT2D eigenvalue weighted by Crippen LogP contribution is -2.07. The van der Waals surface area contributed by atoms with Crippen molar-refractivity contribution in [1.29, 1.82) is 0 Å². The fourth-order valence-electron chi connectivity index (χ4n) is 1.92. The van der Waals surface area contributed by atoms with Gasteiger partial charge in [-0.3, -0.25) is 10.1 Å². The molecule has 0 bridgehead atoms. The topological polar surface area (TPSA) is 89.3 Å². The van der Waals surface area contributed by atoms with Crippen molar-refractivity contribution in [3.63, 3.8) is 0 Å². The molecule has 0 heterocycles. The first-order chi connectivity index (χ1) is 10.7. The summed E-state index contributed by atoms with van der Waals surface area (Å²) in [5.41, 5.74) is 0.536. The van der Waals surface area contributed by atoms with E-state index in [-0.39, 0.29) is 27.8 Å². The van der Waals surface area contributed by atoms with Gasteiger partial charge < -0.3 is 5.32 Å². The Hall–Kier alpha value is -2.19. The molecule has 0 fully saturated rings. The summed E-state index contributed by atoms with van der Waals surface area (Å²) >= 11 is 5.68. The Morgan fingerprint density at radius 2 is 1.96 bits per heavy atom. The lowest BCUT2D eigenvalue weighted by Gasteiger charge is -2.11. The molecule has 0 amide bonds. The van der Waals surface area contributed by atoms with Gasteiger partial charge in [-0.05, 0) is 23.8 Å². The first-order valence-corrected chi connectivity index (χ1v) is 8.61. The van der Waals surface area contributed by atoms with Gasteiger partial charge in [0.2, 0.25) is 0 Å². The van der Waals surface area contributed by atoms with Gasteiger partial charge in [0.25, 0.3) is 5.69 Å². The van der Waals surface area contributed by atoms with Crippen LogP contribution in [0.15, 0.2) is 41.3 Å². The second kappa shape index (κ2) is 6.51. The molecular formula is C14H12ClFN2O4S. The number of non-ortho nitro benzene ring substituents is 1. The van der Waals surface area contributed by atoms with Gasteiger partial charge in [0.1, 0.15) is 5.82 Å². The molecule has 0 saturated heterocycles. The van der Waals surface area contributed by atoms with E-state index in [1.54, 1.807) is 0 Å². The molecule has 0 aliphatic heterocycles. The van der Waals surface area contributed by atoms with Crippen molar-refractivity contribution in [2.24, 2.45) is 0 Å². The Bertz CT molecular complexity index is 871. The first-order valence-electron chi connectivity index (χ1n) is 6.35. The second-order valence-corrected chi connectivity index (χ2v) is 7.20. The van der Waals surface area contributed by atoms with Gasteiger partial charge in [-0.1, -0.05) is 17.7 Å². The molecule has 0 atom stereocenters. The van der Waals surface area contributed by atoms with E-state index in [2.05, 4.69) is 5.32 Å². The summed E-state index contributed by atoms with van der Waals surface area (Å²) in [6.45, 7) is 0.181. The highest BCUT2D eigenvalue weighted by Gasteiger charge is 2.18. The van der Waals surface area contributed by atoms with Crippen molar-refractivity contribution < 1.29 is 17.7 Å². The van der Waals surface area contributed by atoms with Crippen LogP contribution in [0.1, 0.15) is 5.56 Å². The van der Waals surface area contributed by atoms with Crippen LogP contribution in [0.2, 0.25) is 5.02 Å². The van der Waals surface area contributed by atoms with Crippen molar-refractivity contribution in [1.82, 2.24) is 0 Å². The Kier molecular flexibility index (Phi) is 4.86. The summed E-state index contributed by atoms with van der Waals surface area (Å²) < 4.78 is 36.7. The zero-order chi connectivity index (χ0) is 17.2. The zero-order valence-corrected chi connectivity index (χ0v) is 13.5. The number of hydrogen-bond donors (Lipinski definition) is 1. The molecule has 0 unspecified atom stereocenters. The molecule has 0 spiro atoms. The third-order valence-electron chi connectivity index (χ3n) is 3.04. The first kappa shape index (κ1) is 17.2. The fraction of sp³-hybridized carbons (Fsp3) is 0.143. The van der Waals surface area contributed by atoms with Gasteiger partial charge in [0.15, 0.2) is 9.84 Å². The van der Waals surface area contributed by atoms with Crippen LogP contribution in [0.3, 0.4) is 0 Å². The summed E-state index contributed by atoms with van der Waals surface area (Å²) in [4.78, 5) is 9.93. The lowest BCUT2D eigenvalue weighted by atomic mass is 10.2. The van der Waals surface area contributed by atoms with E-state index in [1.807, 2.05) is 0 Å². The van der Waals surface area contributed by atoms with Crippen LogP contribution in [0.25, 0.3) is 0 Å². The Labute approximate surface area is 137 Å². The van der Waals surface area contributed by atoms with Gasteiger partial charge >= 0.3 is 0 Å². The summed E-state index contributed by atoms with van der Waals surface area (Å²) in [6.07, 6.45) is 0.964. The predicted molar refractivity (Wildman–Crippen MR) is 84.9 cm³/mol. The summed E-state index contributed by atoms with van der Waals surface area (Å²) in [5.74, 6) is -0.553. The average Bonchev–Trinajstić information content (AvgIpc) is 2.47. The zero-order valence-electron chi connectivity index (χ0n) is 11.9. The minimum absolute atomic E-state index is 0.0451. The Morgan fingerprint density at radius 3 is 2.52 bits per heavy atom. The Balaban J connectivity index is 2.32. The van der Waals surface area contributed by atoms with Crippen LogP contribution >= 0.6 is 11.6 Å². The van der Waals surface area contributed by atoms with E-state index in [0.717, 1.165) is 12.3 Å². The number of nitrogens with zero attached hydrogens (tertiary/aromatic N) is 1. The van der Waals surface area contributed by atoms with Crippen LogP contribution in [0.5, 0.6) is 0 Å². The second-order valence-electron chi connectivity index (χ2n) is 4.81. The normalized spacial score (nSPS) is 11.3. The third-order valence-corrected chi connectivity index (χ3v) is 4.47. The van der Waals surface area contributed by atoms with Gasteiger partial charge in [-0.25, -0.2) is 12.8 Å². The number of benzene rings is 2. The van der Waals surface area contributed by atoms with E-state index in [4.69, 9.17) is 11.6 Å². The van der Waals surface area contributed by atoms with Crippen LogP contribution in [-0.4, -0.2) is 19.6 Å². The van der Waals surface area contributed by atoms with Gasteiger partial charge in [-0.15, -0.1) is 0 Å². The summed E-state index contributed by atoms with van der Waals surface area (Å²) in [5, 5.41) is 13.6. The molecule has 0 aromatic heterocycles. The number of anilines is 1. The maximum atomic E-state index is 13.1. The molecule has 23 heavy (non-hydrogen) atoms. The number of nitro benzene ring substituents is 1. The van der Waals surface area contributed by atoms with Crippen molar-refractivity contribution in [3.8, 4) is 0 Å². The maximum Gasteiger partial charge on any atom is 0.270 e. The van der Waals surface area contributed by atoms with E-state index in [0.29, 0.717) is 5.56 Å². The monoisotopic (exact) mass is 358 g/mol. The summed E-state index contributed by atoms with van der Waals surface area (Å²) in [6, 6.07) is 7.63. The molecule has 6 nitrogen and oxygen atoms in total. The number of halogens is 2. The smallest absolute Gasteiger partial charge is 0.270 e. The lowest BCUT2D eigenvalue weighted by molar-refractivity contribution is -0.385. The molecule has 2 aromatic rings. The molecule has 0 aliphatic rings. The van der Waals surface area contributed by atoms with Crippen LogP contribution in [-0.2, 0) is 16.4 Å². The van der Waals surface area contributed by atoms with E-state index in [1.165, 1.54) is 30.3 Å². The largest absolute Gasteiger partial charge is 0.380 e. The average molecular weight is 359 g/mol. The molecule has 0 radical (unpaired) electrons. The number of hydrogen-bond acceptors (Lipinski definition) is 5. The Morgan fingerprint density at radius 1 is 1.26 bits per heavy atom. The summed E-state index contributed by atoms with van der Waals surface area (Å²) in [7, 11) is -3.66. The minimum atomic E-state index is -3.66. The molecule has 0 aliphatic carbocycles. The molecule has 1 N–H and O–H groups in total. The molecular weight excluding hydrogens is 347 g/mol. The SMILES string of the molecule is CS(=O)(=O)c1cc([N+](=O)[O-])ccc1NCc1ccc(F)c(Cl)c1. The maximum absolute atomic E-state index is 13.1. The van der Waals surface area contributed by atoms with E-state index >= 15 is 0 Å². The van der Waals surface area contributed by atoms with Crippen LogP contribution in [0, 0.1) is 15.9 Å². The van der Waals surface area contributed by atoms with E-state index in [9.17, 15) is 22.9 Å². The standard InChI is InChI=1S/C14H12ClFN2O4S/c1-23(21,22)14-7-10(18(19)20)3-5-13(14)17-8-9-2-4-12(16)11(15)6-9/h2-7,17H,8H2,1H3. The van der Waals surface area contributed by atoms with Gasteiger partial charge in [0.05, 0.1) is 20.5 Å². The number of nitrogens with one attached hydrogen (secondary N) is 1. The van der Waals surface area contributed by atoms with Gasteiger partial charge in [-0.2, -0.15) is 0 Å². The predicted octanol–water partition coefficient (Wildman–Crippen LogP) is 3.40. The highest BCUT2D eigenvalue weighted by molar-refractivity contribution is 7.90. The molecule has 9 heteroatoms. The molecule has 0 saturated carbocycles. The quantitative estimate of drug-likeness (QED) is 0.653. The van der Waals surface area contributed by atoms with Gasteiger partial charge in [0, 0.05) is 24.9 Å². The fourth-order valence-corrected chi connectivity index (χ4v) is 3.00. The van der Waals surface area contributed by atoms with Crippen molar-refractivity contribution in [3.05, 3.63) is 62.9 Å². The molecule has 122 valence electrons. The van der Waals surface area contributed by atoms with Crippen molar-refractivity contribution in [2.45, 2.75) is 11.4 Å². The van der Waals surface area contributed by atoms with Crippen molar-refractivity contribution >= 4 is 32.8 Å². The minimum Gasteiger partial charge on any atom is -0.380 e. The highest BCUT2D eigenvalue weighted by Crippen LogP contribution is 2.27. The third kappa shape index (κ3) is 4.17. The van der Waals surface area contributed by atoms with Crippen LogP contribution in [0.4, 0.5) is 15.8 Å². The van der Waals surface area contributed by atoms with Crippen LogP contribution < -0.4 is 5.32 Å². The molecule has 2 aromatic carbocycles. The molecule has 2 rings (SSSR count). The number of rotatable bonds is 5.